The molecule has 1 saturated carbocycles. The maximum atomic E-state index is 10.7. The third-order valence-corrected chi connectivity index (χ3v) is 2.14. The Balaban J connectivity index is 2.70. The molecule has 1 aliphatic rings. The van der Waals surface area contributed by atoms with Crippen molar-refractivity contribution in [3.63, 3.8) is 0 Å². The molecular formula is C8H13NO2. The SMILES string of the molecule is C=C1CCCC(N)(C(=O)O)C1. The highest BCUT2D eigenvalue weighted by atomic mass is 16.4. The topological polar surface area (TPSA) is 63.3 Å². The van der Waals surface area contributed by atoms with E-state index in [-0.39, 0.29) is 0 Å². The molecule has 0 heterocycles. The Bertz CT molecular complexity index is 200. The Morgan fingerprint density at radius 2 is 2.36 bits per heavy atom. The fourth-order valence-corrected chi connectivity index (χ4v) is 1.46. The smallest absolute Gasteiger partial charge is 0.324 e. The number of rotatable bonds is 1. The summed E-state index contributed by atoms with van der Waals surface area (Å²) in [5.41, 5.74) is 5.56. The molecule has 0 amide bonds. The molecule has 0 bridgehead atoms. The van der Waals surface area contributed by atoms with Gasteiger partial charge in [0.25, 0.3) is 0 Å². The monoisotopic (exact) mass is 155 g/mol. The van der Waals surface area contributed by atoms with Crippen LogP contribution in [0.1, 0.15) is 25.7 Å². The van der Waals surface area contributed by atoms with E-state index in [1.165, 1.54) is 0 Å². The van der Waals surface area contributed by atoms with Crippen LogP contribution in [0.3, 0.4) is 0 Å². The van der Waals surface area contributed by atoms with Gasteiger partial charge in [0.05, 0.1) is 0 Å². The molecule has 11 heavy (non-hydrogen) atoms. The first-order chi connectivity index (χ1) is 5.04. The molecule has 0 radical (unpaired) electrons. The summed E-state index contributed by atoms with van der Waals surface area (Å²) in [4.78, 5) is 10.7. The second-order valence-corrected chi connectivity index (χ2v) is 3.24. The number of aliphatic carboxylic acids is 1. The van der Waals surface area contributed by atoms with Crippen LogP contribution in [0.25, 0.3) is 0 Å². The van der Waals surface area contributed by atoms with Crippen molar-refractivity contribution in [3.8, 4) is 0 Å². The summed E-state index contributed by atoms with van der Waals surface area (Å²) in [5.74, 6) is -0.904. The second kappa shape index (κ2) is 2.66. The van der Waals surface area contributed by atoms with Crippen LogP contribution in [-0.4, -0.2) is 16.6 Å². The summed E-state index contributed by atoms with van der Waals surface area (Å²) in [5, 5.41) is 8.75. The van der Waals surface area contributed by atoms with Crippen LogP contribution in [0.2, 0.25) is 0 Å². The molecule has 1 atom stereocenters. The van der Waals surface area contributed by atoms with Crippen molar-refractivity contribution in [3.05, 3.63) is 12.2 Å². The van der Waals surface area contributed by atoms with Crippen LogP contribution in [0, 0.1) is 0 Å². The first kappa shape index (κ1) is 8.27. The molecule has 0 aromatic heterocycles. The molecule has 0 aromatic rings. The zero-order chi connectivity index (χ0) is 8.48. The van der Waals surface area contributed by atoms with Crippen molar-refractivity contribution in [2.75, 3.05) is 0 Å². The van der Waals surface area contributed by atoms with Gasteiger partial charge in [-0.3, -0.25) is 4.79 Å². The van der Waals surface area contributed by atoms with E-state index in [1.807, 2.05) is 0 Å². The normalized spacial score (nSPS) is 31.9. The summed E-state index contributed by atoms with van der Waals surface area (Å²) in [6.07, 6.45) is 2.78. The highest BCUT2D eigenvalue weighted by Crippen LogP contribution is 2.28. The van der Waals surface area contributed by atoms with E-state index < -0.39 is 11.5 Å². The van der Waals surface area contributed by atoms with Crippen LogP contribution in [0.4, 0.5) is 0 Å². The number of carboxylic acid groups (broad SMARTS) is 1. The number of hydrogen-bond acceptors (Lipinski definition) is 2. The Labute approximate surface area is 65.9 Å². The molecule has 3 nitrogen and oxygen atoms in total. The van der Waals surface area contributed by atoms with Gasteiger partial charge in [-0.25, -0.2) is 0 Å². The average molecular weight is 155 g/mol. The molecule has 1 rings (SSSR count). The Morgan fingerprint density at radius 3 is 2.73 bits per heavy atom. The summed E-state index contributed by atoms with van der Waals surface area (Å²) in [6, 6.07) is 0. The van der Waals surface area contributed by atoms with E-state index in [4.69, 9.17) is 10.8 Å². The molecule has 3 N–H and O–H groups in total. The number of carboxylic acids is 1. The third kappa shape index (κ3) is 1.60. The van der Waals surface area contributed by atoms with Gasteiger partial charge in [0.2, 0.25) is 0 Å². The van der Waals surface area contributed by atoms with Gasteiger partial charge in [-0.15, -0.1) is 0 Å². The average Bonchev–Trinajstić information content (AvgIpc) is 1.86. The van der Waals surface area contributed by atoms with Crippen LogP contribution in [-0.2, 0) is 4.79 Å². The Hall–Kier alpha value is -0.830. The van der Waals surface area contributed by atoms with E-state index in [9.17, 15) is 4.79 Å². The number of nitrogens with two attached hydrogens (primary N) is 1. The zero-order valence-corrected chi connectivity index (χ0v) is 6.47. The second-order valence-electron chi connectivity index (χ2n) is 3.24. The van der Waals surface area contributed by atoms with Crippen molar-refractivity contribution in [2.24, 2.45) is 5.73 Å². The lowest BCUT2D eigenvalue weighted by Crippen LogP contribution is -2.49. The highest BCUT2D eigenvalue weighted by molar-refractivity contribution is 5.79. The van der Waals surface area contributed by atoms with E-state index in [0.717, 1.165) is 18.4 Å². The maximum absolute atomic E-state index is 10.7. The zero-order valence-electron chi connectivity index (χ0n) is 6.47. The largest absolute Gasteiger partial charge is 0.480 e. The predicted molar refractivity (Wildman–Crippen MR) is 42.2 cm³/mol. The minimum Gasteiger partial charge on any atom is -0.480 e. The first-order valence-electron chi connectivity index (χ1n) is 3.73. The Morgan fingerprint density at radius 1 is 1.73 bits per heavy atom. The standard InChI is InChI=1S/C8H13NO2/c1-6-3-2-4-8(9,5-6)7(10)11/h1-5,9H2,(H,10,11). The van der Waals surface area contributed by atoms with E-state index >= 15 is 0 Å². The molecule has 0 saturated heterocycles. The minimum atomic E-state index is -1.03. The number of hydrogen-bond donors (Lipinski definition) is 2. The van der Waals surface area contributed by atoms with E-state index in [1.54, 1.807) is 0 Å². The van der Waals surface area contributed by atoms with Crippen molar-refractivity contribution in [1.29, 1.82) is 0 Å². The van der Waals surface area contributed by atoms with Gasteiger partial charge < -0.3 is 10.8 Å². The molecule has 1 aliphatic carbocycles. The van der Waals surface area contributed by atoms with Crippen molar-refractivity contribution < 1.29 is 9.90 Å². The van der Waals surface area contributed by atoms with Crippen molar-refractivity contribution in [1.82, 2.24) is 0 Å². The molecular weight excluding hydrogens is 142 g/mol. The fraction of sp³-hybridized carbons (Fsp3) is 0.625. The van der Waals surface area contributed by atoms with Crippen LogP contribution in [0.15, 0.2) is 12.2 Å². The maximum Gasteiger partial charge on any atom is 0.324 e. The first-order valence-corrected chi connectivity index (χ1v) is 3.73. The van der Waals surface area contributed by atoms with Gasteiger partial charge in [0.1, 0.15) is 5.54 Å². The van der Waals surface area contributed by atoms with E-state index in [2.05, 4.69) is 6.58 Å². The van der Waals surface area contributed by atoms with Gasteiger partial charge in [0, 0.05) is 0 Å². The lowest BCUT2D eigenvalue weighted by atomic mass is 9.80. The van der Waals surface area contributed by atoms with Gasteiger partial charge >= 0.3 is 5.97 Å². The van der Waals surface area contributed by atoms with Gasteiger partial charge in [-0.1, -0.05) is 12.2 Å². The summed E-state index contributed by atoms with van der Waals surface area (Å²) >= 11 is 0. The van der Waals surface area contributed by atoms with Crippen LogP contribution >= 0.6 is 0 Å². The molecule has 1 fully saturated rings. The van der Waals surface area contributed by atoms with Gasteiger partial charge in [-0.05, 0) is 25.7 Å². The van der Waals surface area contributed by atoms with E-state index in [0.29, 0.717) is 12.8 Å². The third-order valence-electron chi connectivity index (χ3n) is 2.14. The van der Waals surface area contributed by atoms with Gasteiger partial charge in [-0.2, -0.15) is 0 Å². The summed E-state index contributed by atoms with van der Waals surface area (Å²) in [6.45, 7) is 3.75. The summed E-state index contributed by atoms with van der Waals surface area (Å²) in [7, 11) is 0. The Kier molecular flexibility index (Phi) is 2.00. The van der Waals surface area contributed by atoms with Crippen LogP contribution < -0.4 is 5.73 Å². The molecule has 0 aromatic carbocycles. The predicted octanol–water partition coefficient (Wildman–Crippen LogP) is 0.899. The summed E-state index contributed by atoms with van der Waals surface area (Å²) < 4.78 is 0. The van der Waals surface area contributed by atoms with Crippen LogP contribution in [0.5, 0.6) is 0 Å². The lowest BCUT2D eigenvalue weighted by molar-refractivity contribution is -0.144. The lowest BCUT2D eigenvalue weighted by Gasteiger charge is -2.29. The molecule has 0 spiro atoms. The molecule has 3 heteroatoms. The van der Waals surface area contributed by atoms with Crippen molar-refractivity contribution >= 4 is 5.97 Å². The number of carbonyl (C=O) groups is 1. The fourth-order valence-electron chi connectivity index (χ4n) is 1.46. The highest BCUT2D eigenvalue weighted by Gasteiger charge is 2.36. The van der Waals surface area contributed by atoms with Crippen molar-refractivity contribution in [2.45, 2.75) is 31.2 Å². The quantitative estimate of drug-likeness (QED) is 0.553. The van der Waals surface area contributed by atoms with Gasteiger partial charge in [0.15, 0.2) is 0 Å². The minimum absolute atomic E-state index is 0.433. The molecule has 62 valence electrons. The molecule has 0 aliphatic heterocycles. The molecule has 1 unspecified atom stereocenters.